The molecule has 1 aliphatic heterocycles. The number of nitrogens with one attached hydrogen (secondary N) is 1. The first-order valence-electron chi connectivity index (χ1n) is 8.63. The number of aromatic nitrogens is 3. The van der Waals surface area contributed by atoms with Crippen LogP contribution in [0, 0.1) is 0 Å². The Balaban J connectivity index is 1.57. The topological polar surface area (TPSA) is 95.3 Å². The van der Waals surface area contributed by atoms with Gasteiger partial charge in [0.1, 0.15) is 17.3 Å². The molecule has 1 atom stereocenters. The molecular weight excluding hydrogens is 354 g/mol. The Labute approximate surface area is 151 Å². The molecule has 1 N–H and O–H groups in total. The summed E-state index contributed by atoms with van der Waals surface area (Å²) in [7, 11) is -3.51. The summed E-state index contributed by atoms with van der Waals surface area (Å²) in [5.41, 5.74) is 1.05. The number of H-pyrrole nitrogens is 1. The summed E-state index contributed by atoms with van der Waals surface area (Å²) in [6, 6.07) is 7.22. The fourth-order valence-electron chi connectivity index (χ4n) is 3.45. The molecule has 1 saturated heterocycles. The minimum Gasteiger partial charge on any atom is -0.356 e. The first-order chi connectivity index (χ1) is 12.6. The lowest BCUT2D eigenvalue weighted by Crippen LogP contribution is -2.50. The fourth-order valence-corrected chi connectivity index (χ4v) is 4.92. The maximum Gasteiger partial charge on any atom is 0.220 e. The molecule has 8 nitrogen and oxygen atoms in total. The van der Waals surface area contributed by atoms with E-state index in [1.54, 1.807) is 18.5 Å². The zero-order valence-electron chi connectivity index (χ0n) is 14.5. The average molecular weight is 375 g/mol. The van der Waals surface area contributed by atoms with Crippen molar-refractivity contribution in [3.05, 3.63) is 48.2 Å². The highest BCUT2D eigenvalue weighted by atomic mass is 32.2. The number of para-hydroxylation sites is 1. The lowest BCUT2D eigenvalue weighted by molar-refractivity contribution is 0.119. The number of aromatic amines is 1. The van der Waals surface area contributed by atoms with Gasteiger partial charge in [-0.1, -0.05) is 24.2 Å². The highest BCUT2D eigenvalue weighted by molar-refractivity contribution is 7.88. The molecule has 9 heteroatoms. The van der Waals surface area contributed by atoms with E-state index in [-0.39, 0.29) is 11.8 Å². The average Bonchev–Trinajstić information content (AvgIpc) is 3.31. The molecule has 1 aromatic carbocycles. The second-order valence-corrected chi connectivity index (χ2v) is 8.33. The number of likely N-dealkylation sites (N-methyl/N-ethyl adjacent to an activating group) is 1. The van der Waals surface area contributed by atoms with Crippen molar-refractivity contribution >= 4 is 21.0 Å². The zero-order valence-corrected chi connectivity index (χ0v) is 15.3. The van der Waals surface area contributed by atoms with Gasteiger partial charge in [-0.15, -0.1) is 0 Å². The van der Waals surface area contributed by atoms with E-state index in [4.69, 9.17) is 4.52 Å². The monoisotopic (exact) mass is 375 g/mol. The molecule has 4 rings (SSSR count). The third kappa shape index (κ3) is 3.13. The number of rotatable bonds is 5. The molecular formula is C17H21N5O3S. The van der Waals surface area contributed by atoms with Crippen molar-refractivity contribution < 1.29 is 12.9 Å². The summed E-state index contributed by atoms with van der Waals surface area (Å²) in [6.07, 6.45) is 3.45. The maximum absolute atomic E-state index is 13.0. The maximum atomic E-state index is 13.0. The third-order valence-electron chi connectivity index (χ3n) is 4.86. The van der Waals surface area contributed by atoms with E-state index >= 15 is 0 Å². The van der Waals surface area contributed by atoms with Gasteiger partial charge in [0.25, 0.3) is 0 Å². The van der Waals surface area contributed by atoms with Gasteiger partial charge in [0.2, 0.25) is 10.0 Å². The highest BCUT2D eigenvalue weighted by Gasteiger charge is 2.35. The molecule has 0 saturated carbocycles. The first kappa shape index (κ1) is 17.2. The van der Waals surface area contributed by atoms with Gasteiger partial charge in [0.15, 0.2) is 5.58 Å². The van der Waals surface area contributed by atoms with Crippen molar-refractivity contribution in [1.29, 1.82) is 0 Å². The lowest BCUT2D eigenvalue weighted by atomic mass is 10.2. The van der Waals surface area contributed by atoms with Crippen LogP contribution in [0.1, 0.15) is 24.5 Å². The summed E-state index contributed by atoms with van der Waals surface area (Å²) in [5, 5.41) is 4.71. The number of imidazole rings is 1. The van der Waals surface area contributed by atoms with Crippen LogP contribution in [0.3, 0.4) is 0 Å². The van der Waals surface area contributed by atoms with Crippen molar-refractivity contribution in [2.45, 2.75) is 18.7 Å². The number of piperazine rings is 1. The van der Waals surface area contributed by atoms with E-state index in [9.17, 15) is 8.42 Å². The summed E-state index contributed by atoms with van der Waals surface area (Å²) in [5.74, 6) is 0.625. The van der Waals surface area contributed by atoms with Crippen LogP contribution in [0.15, 0.2) is 41.2 Å². The van der Waals surface area contributed by atoms with Crippen molar-refractivity contribution in [1.82, 2.24) is 24.3 Å². The number of hydrogen-bond donors (Lipinski definition) is 1. The predicted molar refractivity (Wildman–Crippen MR) is 96.8 cm³/mol. The van der Waals surface area contributed by atoms with Crippen molar-refractivity contribution in [2.75, 3.05) is 26.2 Å². The minimum atomic E-state index is -3.51. The second kappa shape index (κ2) is 6.82. The van der Waals surface area contributed by atoms with Gasteiger partial charge >= 0.3 is 0 Å². The molecule has 0 aliphatic carbocycles. The SMILES string of the molecule is CCN1CCN(S(=O)(=O)Cc2noc3ccccc23)C[C@@H]1c1ncc[nH]1. The van der Waals surface area contributed by atoms with Crippen LogP contribution >= 0.6 is 0 Å². The number of benzene rings is 1. The van der Waals surface area contributed by atoms with E-state index in [0.29, 0.717) is 30.9 Å². The Morgan fingerprint density at radius 2 is 2.15 bits per heavy atom. The summed E-state index contributed by atoms with van der Waals surface area (Å²) in [6.45, 7) is 4.41. The molecule has 1 fully saturated rings. The van der Waals surface area contributed by atoms with Crippen LogP contribution in [-0.4, -0.2) is 58.9 Å². The van der Waals surface area contributed by atoms with Gasteiger partial charge in [-0.25, -0.2) is 13.4 Å². The first-order valence-corrected chi connectivity index (χ1v) is 10.2. The summed E-state index contributed by atoms with van der Waals surface area (Å²) >= 11 is 0. The standard InChI is InChI=1S/C17H21N5O3S/c1-2-21-9-10-22(11-15(21)17-18-7-8-19-17)26(23,24)12-14-13-5-3-4-6-16(13)25-20-14/h3-8,15H,2,9-12H2,1H3,(H,18,19)/t15-/m1/s1. The summed E-state index contributed by atoms with van der Waals surface area (Å²) in [4.78, 5) is 9.67. The number of fused-ring (bicyclic) bond motifs is 1. The largest absolute Gasteiger partial charge is 0.356 e. The number of nitrogens with zero attached hydrogens (tertiary/aromatic N) is 4. The van der Waals surface area contributed by atoms with Gasteiger partial charge in [0.05, 0.1) is 6.04 Å². The Hall–Kier alpha value is -2.23. The van der Waals surface area contributed by atoms with Gasteiger partial charge in [-0.3, -0.25) is 4.90 Å². The van der Waals surface area contributed by atoms with Crippen molar-refractivity contribution in [3.63, 3.8) is 0 Å². The van der Waals surface area contributed by atoms with E-state index < -0.39 is 10.0 Å². The van der Waals surface area contributed by atoms with Crippen molar-refractivity contribution in [2.24, 2.45) is 0 Å². The molecule has 0 bridgehead atoms. The Morgan fingerprint density at radius 1 is 1.31 bits per heavy atom. The van der Waals surface area contributed by atoms with E-state index in [2.05, 4.69) is 26.9 Å². The van der Waals surface area contributed by atoms with Crippen LogP contribution in [0.25, 0.3) is 11.0 Å². The predicted octanol–water partition coefficient (Wildman–Crippen LogP) is 1.76. The molecule has 0 spiro atoms. The van der Waals surface area contributed by atoms with Gasteiger partial charge < -0.3 is 9.51 Å². The smallest absolute Gasteiger partial charge is 0.220 e. The molecule has 1 aliphatic rings. The molecule has 138 valence electrons. The Kier molecular flexibility index (Phi) is 4.51. The van der Waals surface area contributed by atoms with Crippen LogP contribution in [-0.2, 0) is 15.8 Å². The third-order valence-corrected chi connectivity index (χ3v) is 6.62. The van der Waals surface area contributed by atoms with Crippen LogP contribution < -0.4 is 0 Å². The van der Waals surface area contributed by atoms with Gasteiger partial charge in [-0.05, 0) is 18.7 Å². The number of sulfonamides is 1. The molecule has 26 heavy (non-hydrogen) atoms. The molecule has 3 heterocycles. The molecule has 0 amide bonds. The molecule has 0 unspecified atom stereocenters. The quantitative estimate of drug-likeness (QED) is 0.730. The normalized spacial score (nSPS) is 20.0. The van der Waals surface area contributed by atoms with Gasteiger partial charge in [-0.2, -0.15) is 4.31 Å². The minimum absolute atomic E-state index is 0.0763. The zero-order chi connectivity index (χ0) is 18.1. The van der Waals surface area contributed by atoms with E-state index in [0.717, 1.165) is 17.8 Å². The van der Waals surface area contributed by atoms with E-state index in [1.165, 1.54) is 4.31 Å². The molecule has 2 aromatic heterocycles. The molecule has 3 aromatic rings. The lowest BCUT2D eigenvalue weighted by Gasteiger charge is -2.39. The highest BCUT2D eigenvalue weighted by Crippen LogP contribution is 2.27. The summed E-state index contributed by atoms with van der Waals surface area (Å²) < 4.78 is 32.8. The van der Waals surface area contributed by atoms with Crippen LogP contribution in [0.2, 0.25) is 0 Å². The Bertz CT molecular complexity index is 983. The fraction of sp³-hybridized carbons (Fsp3) is 0.412. The van der Waals surface area contributed by atoms with Gasteiger partial charge in [0, 0.05) is 37.4 Å². The second-order valence-electron chi connectivity index (χ2n) is 6.36. The Morgan fingerprint density at radius 3 is 2.92 bits per heavy atom. The van der Waals surface area contributed by atoms with Crippen molar-refractivity contribution in [3.8, 4) is 0 Å². The van der Waals surface area contributed by atoms with Crippen LogP contribution in [0.5, 0.6) is 0 Å². The van der Waals surface area contributed by atoms with Crippen LogP contribution in [0.4, 0.5) is 0 Å². The van der Waals surface area contributed by atoms with E-state index in [1.807, 2.05) is 18.2 Å². The number of hydrogen-bond acceptors (Lipinski definition) is 6. The molecule has 0 radical (unpaired) electrons.